The topological polar surface area (TPSA) is 72.9 Å². The Balaban J connectivity index is 2.11. The second-order valence-corrected chi connectivity index (χ2v) is 3.55. The van der Waals surface area contributed by atoms with Crippen molar-refractivity contribution >= 4 is 5.91 Å². The molecule has 0 atom stereocenters. The van der Waals surface area contributed by atoms with Crippen molar-refractivity contribution in [2.75, 3.05) is 13.1 Å². The third-order valence-corrected chi connectivity index (χ3v) is 2.58. The van der Waals surface area contributed by atoms with Crippen molar-refractivity contribution in [3.63, 3.8) is 0 Å². The first-order valence-electron chi connectivity index (χ1n) is 4.81. The number of nitrogens with two attached hydrogens (primary N) is 1. The lowest BCUT2D eigenvalue weighted by atomic mass is 10.1. The molecule has 0 aromatic carbocycles. The van der Waals surface area contributed by atoms with Crippen molar-refractivity contribution in [3.8, 4) is 0 Å². The molecule has 1 fully saturated rings. The summed E-state index contributed by atoms with van der Waals surface area (Å²) in [4.78, 5) is 14.8. The zero-order valence-corrected chi connectivity index (χ0v) is 7.94. The molecule has 76 valence electrons. The van der Waals surface area contributed by atoms with Crippen molar-refractivity contribution in [1.29, 1.82) is 0 Å². The van der Waals surface area contributed by atoms with Crippen LogP contribution in [0.15, 0.2) is 12.5 Å². The number of primary amides is 1. The molecule has 0 radical (unpaired) electrons. The molecule has 3 N–H and O–H groups in total. The van der Waals surface area contributed by atoms with E-state index in [0.29, 0.717) is 11.7 Å². The molecule has 1 aromatic heterocycles. The summed E-state index contributed by atoms with van der Waals surface area (Å²) < 4.78 is 1.99. The van der Waals surface area contributed by atoms with Crippen molar-refractivity contribution in [2.45, 2.75) is 18.9 Å². The molecule has 1 aromatic rings. The van der Waals surface area contributed by atoms with Crippen LogP contribution in [0, 0.1) is 0 Å². The summed E-state index contributed by atoms with van der Waals surface area (Å²) in [6.45, 7) is 2.05. The number of carbonyl (C=O) groups excluding carboxylic acids is 1. The SMILES string of the molecule is NC(=O)c1cn(C2CCNCC2)cn1. The first-order valence-corrected chi connectivity index (χ1v) is 4.81. The lowest BCUT2D eigenvalue weighted by Gasteiger charge is -2.23. The van der Waals surface area contributed by atoms with E-state index in [0.717, 1.165) is 25.9 Å². The molecule has 0 saturated carbocycles. The van der Waals surface area contributed by atoms with Gasteiger partial charge in [-0.15, -0.1) is 0 Å². The molecule has 2 heterocycles. The molecule has 1 amide bonds. The number of piperidine rings is 1. The molecule has 5 heteroatoms. The molecule has 1 saturated heterocycles. The Hall–Kier alpha value is -1.36. The standard InChI is InChI=1S/C9H14N4O/c10-9(14)8-5-13(6-12-8)7-1-3-11-4-2-7/h5-7,11H,1-4H2,(H2,10,14). The monoisotopic (exact) mass is 194 g/mol. The smallest absolute Gasteiger partial charge is 0.268 e. The minimum absolute atomic E-state index is 0.350. The van der Waals surface area contributed by atoms with Gasteiger partial charge in [0.25, 0.3) is 5.91 Å². The lowest BCUT2D eigenvalue weighted by Crippen LogP contribution is -2.29. The normalized spacial score (nSPS) is 18.3. The highest BCUT2D eigenvalue weighted by molar-refractivity contribution is 5.90. The minimum atomic E-state index is -0.460. The van der Waals surface area contributed by atoms with Crippen LogP contribution in [-0.4, -0.2) is 28.5 Å². The van der Waals surface area contributed by atoms with Gasteiger partial charge in [0.15, 0.2) is 0 Å². The maximum Gasteiger partial charge on any atom is 0.268 e. The average Bonchev–Trinajstić information content (AvgIpc) is 2.68. The van der Waals surface area contributed by atoms with E-state index in [-0.39, 0.29) is 0 Å². The maximum absolute atomic E-state index is 10.8. The molecule has 2 rings (SSSR count). The second-order valence-electron chi connectivity index (χ2n) is 3.55. The number of nitrogens with one attached hydrogen (secondary N) is 1. The molecule has 0 aliphatic carbocycles. The molecular formula is C9H14N4O. The van der Waals surface area contributed by atoms with E-state index < -0.39 is 5.91 Å². The van der Waals surface area contributed by atoms with E-state index in [2.05, 4.69) is 10.3 Å². The predicted molar refractivity (Wildman–Crippen MR) is 51.9 cm³/mol. The Morgan fingerprint density at radius 1 is 1.57 bits per heavy atom. The quantitative estimate of drug-likeness (QED) is 0.691. The fourth-order valence-electron chi connectivity index (χ4n) is 1.77. The number of amides is 1. The zero-order valence-electron chi connectivity index (χ0n) is 7.94. The second kappa shape index (κ2) is 3.79. The fourth-order valence-corrected chi connectivity index (χ4v) is 1.77. The van der Waals surface area contributed by atoms with Gasteiger partial charge in [0.2, 0.25) is 0 Å². The summed E-state index contributed by atoms with van der Waals surface area (Å²) >= 11 is 0. The van der Waals surface area contributed by atoms with Gasteiger partial charge < -0.3 is 15.6 Å². The Morgan fingerprint density at radius 3 is 2.86 bits per heavy atom. The van der Waals surface area contributed by atoms with Gasteiger partial charge in [-0.25, -0.2) is 4.98 Å². The van der Waals surface area contributed by atoms with Gasteiger partial charge in [-0.2, -0.15) is 0 Å². The van der Waals surface area contributed by atoms with E-state index >= 15 is 0 Å². The van der Waals surface area contributed by atoms with Gasteiger partial charge in [-0.3, -0.25) is 4.79 Å². The summed E-state index contributed by atoms with van der Waals surface area (Å²) in [7, 11) is 0. The summed E-state index contributed by atoms with van der Waals surface area (Å²) in [5.41, 5.74) is 5.48. The number of aromatic nitrogens is 2. The average molecular weight is 194 g/mol. The van der Waals surface area contributed by atoms with Gasteiger partial charge >= 0.3 is 0 Å². The van der Waals surface area contributed by atoms with Crippen LogP contribution in [0.3, 0.4) is 0 Å². The van der Waals surface area contributed by atoms with E-state index in [1.54, 1.807) is 12.5 Å². The van der Waals surface area contributed by atoms with Crippen LogP contribution in [0.1, 0.15) is 29.4 Å². The Labute approximate surface area is 82.3 Å². The van der Waals surface area contributed by atoms with Gasteiger partial charge in [0, 0.05) is 12.2 Å². The van der Waals surface area contributed by atoms with Crippen LogP contribution < -0.4 is 11.1 Å². The highest BCUT2D eigenvalue weighted by Gasteiger charge is 2.15. The predicted octanol–water partition coefficient (Wildman–Crippen LogP) is -0.0935. The Bertz CT molecular complexity index is 327. The molecular weight excluding hydrogens is 180 g/mol. The first-order chi connectivity index (χ1) is 6.77. The van der Waals surface area contributed by atoms with Crippen molar-refractivity contribution in [1.82, 2.24) is 14.9 Å². The van der Waals surface area contributed by atoms with E-state index in [1.165, 1.54) is 0 Å². The zero-order chi connectivity index (χ0) is 9.97. The van der Waals surface area contributed by atoms with Gasteiger partial charge in [-0.1, -0.05) is 0 Å². The lowest BCUT2D eigenvalue weighted by molar-refractivity contribution is 0.0996. The molecule has 0 spiro atoms. The van der Waals surface area contributed by atoms with Crippen LogP contribution in [-0.2, 0) is 0 Å². The first kappa shape index (κ1) is 9.21. The van der Waals surface area contributed by atoms with Gasteiger partial charge in [-0.05, 0) is 25.9 Å². The van der Waals surface area contributed by atoms with E-state index in [1.807, 2.05) is 4.57 Å². The van der Waals surface area contributed by atoms with Gasteiger partial charge in [0.1, 0.15) is 5.69 Å². The number of imidazole rings is 1. The fraction of sp³-hybridized carbons (Fsp3) is 0.556. The van der Waals surface area contributed by atoms with Crippen LogP contribution in [0.5, 0.6) is 0 Å². The highest BCUT2D eigenvalue weighted by Crippen LogP contribution is 2.18. The summed E-state index contributed by atoms with van der Waals surface area (Å²) in [5, 5.41) is 3.29. The van der Waals surface area contributed by atoms with E-state index in [4.69, 9.17) is 5.73 Å². The summed E-state index contributed by atoms with van der Waals surface area (Å²) in [5.74, 6) is -0.460. The largest absolute Gasteiger partial charge is 0.364 e. The molecule has 5 nitrogen and oxygen atoms in total. The van der Waals surface area contributed by atoms with Crippen LogP contribution in [0.2, 0.25) is 0 Å². The molecule has 14 heavy (non-hydrogen) atoms. The van der Waals surface area contributed by atoms with E-state index in [9.17, 15) is 4.79 Å². The number of carbonyl (C=O) groups is 1. The Kier molecular flexibility index (Phi) is 2.49. The third-order valence-electron chi connectivity index (χ3n) is 2.58. The Morgan fingerprint density at radius 2 is 2.29 bits per heavy atom. The number of hydrogen-bond acceptors (Lipinski definition) is 3. The van der Waals surface area contributed by atoms with Crippen molar-refractivity contribution < 1.29 is 4.79 Å². The van der Waals surface area contributed by atoms with Crippen molar-refractivity contribution in [3.05, 3.63) is 18.2 Å². The number of hydrogen-bond donors (Lipinski definition) is 2. The summed E-state index contributed by atoms with van der Waals surface area (Å²) in [6.07, 6.45) is 5.58. The number of nitrogens with zero attached hydrogens (tertiary/aromatic N) is 2. The van der Waals surface area contributed by atoms with Crippen LogP contribution in [0.25, 0.3) is 0 Å². The van der Waals surface area contributed by atoms with Crippen molar-refractivity contribution in [2.24, 2.45) is 5.73 Å². The summed E-state index contributed by atoms with van der Waals surface area (Å²) in [6, 6.07) is 0.455. The minimum Gasteiger partial charge on any atom is -0.364 e. The molecule has 1 aliphatic rings. The molecule has 0 bridgehead atoms. The molecule has 1 aliphatic heterocycles. The molecule has 0 unspecified atom stereocenters. The third kappa shape index (κ3) is 1.77. The van der Waals surface area contributed by atoms with Crippen LogP contribution in [0.4, 0.5) is 0 Å². The van der Waals surface area contributed by atoms with Gasteiger partial charge in [0.05, 0.1) is 6.33 Å². The maximum atomic E-state index is 10.8. The number of rotatable bonds is 2. The highest BCUT2D eigenvalue weighted by atomic mass is 16.1. The van der Waals surface area contributed by atoms with Crippen LogP contribution >= 0.6 is 0 Å².